The molecule has 0 amide bonds. The number of likely N-dealkylation sites (tertiary alicyclic amines) is 1. The van der Waals surface area contributed by atoms with Crippen molar-refractivity contribution in [1.82, 2.24) is 14.9 Å². The molecule has 1 saturated carbocycles. The molecule has 2 fully saturated rings. The van der Waals surface area contributed by atoms with E-state index in [9.17, 15) is 23.1 Å². The molecule has 1 aromatic carbocycles. The number of rotatable bonds is 6. The molecule has 2 aliphatic heterocycles. The number of aliphatic carboxylic acids is 1. The second kappa shape index (κ2) is 9.32. The van der Waals surface area contributed by atoms with Crippen LogP contribution in [0.4, 0.5) is 13.2 Å². The zero-order valence-corrected chi connectivity index (χ0v) is 20.6. The molecule has 194 valence electrons. The predicted octanol–water partition coefficient (Wildman–Crippen LogP) is 5.63. The van der Waals surface area contributed by atoms with Gasteiger partial charge < -0.3 is 9.84 Å². The highest BCUT2D eigenvalue weighted by atomic mass is 19.4. The van der Waals surface area contributed by atoms with E-state index in [2.05, 4.69) is 22.1 Å². The summed E-state index contributed by atoms with van der Waals surface area (Å²) in [5, 5.41) is 9.63. The largest absolute Gasteiger partial charge is 0.487 e. The van der Waals surface area contributed by atoms with Gasteiger partial charge in [0.25, 0.3) is 0 Å². The van der Waals surface area contributed by atoms with Gasteiger partial charge in [-0.25, -0.2) is 4.98 Å². The number of carboxylic acid groups (broad SMARTS) is 1. The highest BCUT2D eigenvalue weighted by Gasteiger charge is 2.44. The number of nitrogens with zero attached hydrogens (tertiary/aromatic N) is 3. The first-order valence-electron chi connectivity index (χ1n) is 12.7. The van der Waals surface area contributed by atoms with E-state index in [1.165, 1.54) is 6.20 Å². The van der Waals surface area contributed by atoms with E-state index in [1.54, 1.807) is 13.8 Å². The van der Waals surface area contributed by atoms with Crippen LogP contribution in [0.3, 0.4) is 0 Å². The van der Waals surface area contributed by atoms with Crippen molar-refractivity contribution in [2.75, 3.05) is 13.1 Å². The fraction of sp³-hybridized carbons (Fsp3) is 0.593. The van der Waals surface area contributed by atoms with Gasteiger partial charge >= 0.3 is 12.1 Å². The third-order valence-electron chi connectivity index (χ3n) is 8.36. The number of fused-ring (bicyclic) bond motifs is 1. The molecule has 36 heavy (non-hydrogen) atoms. The molecule has 1 saturated heterocycles. The summed E-state index contributed by atoms with van der Waals surface area (Å²) in [5.41, 5.74) is 0.835. The van der Waals surface area contributed by atoms with Crippen molar-refractivity contribution < 1.29 is 27.8 Å². The lowest BCUT2D eigenvalue weighted by molar-refractivity contribution is -0.143. The predicted molar refractivity (Wildman–Crippen MR) is 127 cm³/mol. The normalized spacial score (nSPS) is 22.4. The lowest BCUT2D eigenvalue weighted by Gasteiger charge is -2.46. The van der Waals surface area contributed by atoms with Gasteiger partial charge in [-0.1, -0.05) is 19.1 Å². The standard InChI is InChI=1S/C27H32F3N3O3/c1-16(25(34)35)22(19-4-5-19)20-6-3-18-7-8-26(36-21(18)15-20)9-13-33(14-10-26)17(2)23-24(27(28,29)30)32-12-11-31-23/h3,6,11-12,15-17,19,22H,4-5,7-10,13-14H2,1-2H3,(H,34,35)/t16-,17-,22-/m0/s1. The summed E-state index contributed by atoms with van der Waals surface area (Å²) in [4.78, 5) is 21.3. The average molecular weight is 504 g/mol. The highest BCUT2D eigenvalue weighted by molar-refractivity contribution is 5.71. The van der Waals surface area contributed by atoms with Crippen LogP contribution in [0.5, 0.6) is 5.75 Å². The van der Waals surface area contributed by atoms with Crippen molar-refractivity contribution in [2.24, 2.45) is 11.8 Å². The van der Waals surface area contributed by atoms with Gasteiger partial charge in [-0.3, -0.25) is 14.7 Å². The summed E-state index contributed by atoms with van der Waals surface area (Å²) in [7, 11) is 0. The summed E-state index contributed by atoms with van der Waals surface area (Å²) in [6, 6.07) is 5.67. The molecule has 0 radical (unpaired) electrons. The van der Waals surface area contributed by atoms with Crippen LogP contribution in [0.2, 0.25) is 0 Å². The maximum absolute atomic E-state index is 13.5. The molecule has 5 rings (SSSR count). The Morgan fingerprint density at radius 1 is 1.14 bits per heavy atom. The van der Waals surface area contributed by atoms with E-state index < -0.39 is 29.8 Å². The van der Waals surface area contributed by atoms with Gasteiger partial charge in [0.05, 0.1) is 17.7 Å². The third kappa shape index (κ3) is 4.82. The second-order valence-electron chi connectivity index (χ2n) is 10.6. The van der Waals surface area contributed by atoms with Crippen LogP contribution < -0.4 is 4.74 Å². The molecule has 0 bridgehead atoms. The maximum atomic E-state index is 13.5. The number of carbonyl (C=O) groups is 1. The van der Waals surface area contributed by atoms with Gasteiger partial charge in [0.1, 0.15) is 11.4 Å². The number of halogens is 3. The summed E-state index contributed by atoms with van der Waals surface area (Å²) < 4.78 is 47.0. The Balaban J connectivity index is 1.31. The first-order valence-corrected chi connectivity index (χ1v) is 12.7. The molecular formula is C27H32F3N3O3. The van der Waals surface area contributed by atoms with E-state index in [1.807, 2.05) is 11.0 Å². The van der Waals surface area contributed by atoms with Crippen LogP contribution in [0, 0.1) is 11.8 Å². The van der Waals surface area contributed by atoms with Crippen LogP contribution >= 0.6 is 0 Å². The second-order valence-corrected chi connectivity index (χ2v) is 10.6. The molecule has 3 aliphatic rings. The van der Waals surface area contributed by atoms with Gasteiger partial charge in [0.15, 0.2) is 5.69 Å². The first-order chi connectivity index (χ1) is 17.1. The van der Waals surface area contributed by atoms with Crippen molar-refractivity contribution in [3.63, 3.8) is 0 Å². The Labute approximate surface area is 208 Å². The number of aromatic nitrogens is 2. The van der Waals surface area contributed by atoms with Gasteiger partial charge in [-0.2, -0.15) is 13.2 Å². The van der Waals surface area contributed by atoms with Crippen LogP contribution in [-0.4, -0.2) is 44.6 Å². The number of hydrogen-bond donors (Lipinski definition) is 1. The fourth-order valence-electron chi connectivity index (χ4n) is 6.02. The van der Waals surface area contributed by atoms with E-state index in [0.29, 0.717) is 31.8 Å². The molecule has 6 nitrogen and oxygen atoms in total. The van der Waals surface area contributed by atoms with E-state index in [-0.39, 0.29) is 17.2 Å². The first kappa shape index (κ1) is 25.0. The summed E-state index contributed by atoms with van der Waals surface area (Å²) in [5.74, 6) is -0.0246. The van der Waals surface area contributed by atoms with Gasteiger partial charge in [0.2, 0.25) is 0 Å². The van der Waals surface area contributed by atoms with Crippen LogP contribution in [0.15, 0.2) is 30.6 Å². The lowest BCUT2D eigenvalue weighted by atomic mass is 9.80. The topological polar surface area (TPSA) is 75.6 Å². The number of alkyl halides is 3. The Kier molecular flexibility index (Phi) is 6.47. The minimum atomic E-state index is -4.54. The van der Waals surface area contributed by atoms with Gasteiger partial charge in [-0.15, -0.1) is 0 Å². The van der Waals surface area contributed by atoms with Crippen molar-refractivity contribution in [1.29, 1.82) is 0 Å². The Hall–Kier alpha value is -2.68. The minimum absolute atomic E-state index is 0.0215. The molecule has 1 aromatic heterocycles. The number of ether oxygens (including phenoxy) is 1. The number of aryl methyl sites for hydroxylation is 1. The van der Waals surface area contributed by atoms with Crippen molar-refractivity contribution in [3.05, 3.63) is 53.1 Å². The molecule has 9 heteroatoms. The SMILES string of the molecule is C[C@H](C(=O)O)[C@H](c1ccc2c(c1)OC1(CC2)CCN([C@@H](C)c2nccnc2C(F)(F)F)CC1)C1CC1. The van der Waals surface area contributed by atoms with Gasteiger partial charge in [-0.05, 0) is 74.5 Å². The quantitative estimate of drug-likeness (QED) is 0.551. The number of hydrogen-bond acceptors (Lipinski definition) is 5. The number of benzene rings is 1. The molecule has 1 spiro atoms. The highest BCUT2D eigenvalue weighted by Crippen LogP contribution is 2.49. The Morgan fingerprint density at radius 3 is 2.47 bits per heavy atom. The number of carboxylic acids is 1. The van der Waals surface area contributed by atoms with Gasteiger partial charge in [0, 0.05) is 25.5 Å². The Bertz CT molecular complexity index is 1130. The summed E-state index contributed by atoms with van der Waals surface area (Å²) in [6.07, 6.45) is 3.11. The average Bonchev–Trinajstić information content (AvgIpc) is 3.68. The molecule has 0 unspecified atom stereocenters. The minimum Gasteiger partial charge on any atom is -0.487 e. The van der Waals surface area contributed by atoms with Crippen molar-refractivity contribution in [3.8, 4) is 5.75 Å². The molecule has 1 aliphatic carbocycles. The molecule has 2 aromatic rings. The molecule has 3 atom stereocenters. The van der Waals surface area contributed by atoms with E-state index >= 15 is 0 Å². The fourth-order valence-corrected chi connectivity index (χ4v) is 6.02. The number of piperidine rings is 1. The van der Waals surface area contributed by atoms with E-state index in [0.717, 1.165) is 48.8 Å². The zero-order valence-electron chi connectivity index (χ0n) is 20.6. The zero-order chi connectivity index (χ0) is 25.7. The monoisotopic (exact) mass is 503 g/mol. The van der Waals surface area contributed by atoms with Crippen molar-refractivity contribution in [2.45, 2.75) is 76.1 Å². The maximum Gasteiger partial charge on any atom is 0.435 e. The Morgan fingerprint density at radius 2 is 1.83 bits per heavy atom. The molecular weight excluding hydrogens is 471 g/mol. The third-order valence-corrected chi connectivity index (χ3v) is 8.36. The smallest absolute Gasteiger partial charge is 0.435 e. The van der Waals surface area contributed by atoms with Crippen molar-refractivity contribution >= 4 is 5.97 Å². The molecule has 1 N–H and O–H groups in total. The summed E-state index contributed by atoms with van der Waals surface area (Å²) in [6.45, 7) is 4.74. The summed E-state index contributed by atoms with van der Waals surface area (Å²) >= 11 is 0. The van der Waals surface area contributed by atoms with Crippen LogP contribution in [0.1, 0.15) is 80.4 Å². The molecule has 3 heterocycles. The van der Waals surface area contributed by atoms with Crippen LogP contribution in [0.25, 0.3) is 0 Å². The van der Waals surface area contributed by atoms with E-state index in [4.69, 9.17) is 4.74 Å². The van der Waals surface area contributed by atoms with Crippen LogP contribution in [-0.2, 0) is 17.4 Å². The lowest BCUT2D eigenvalue weighted by Crippen LogP contribution is -2.50.